The highest BCUT2D eigenvalue weighted by Crippen LogP contribution is 2.21. The second-order valence-electron chi connectivity index (χ2n) is 6.95. The first-order valence-electron chi connectivity index (χ1n) is 8.82. The van der Waals surface area contributed by atoms with E-state index in [1.807, 2.05) is 0 Å². The predicted molar refractivity (Wildman–Crippen MR) is 95.5 cm³/mol. The largest absolute Gasteiger partial charge is 0.467 e. The Bertz CT molecular complexity index is 787. The Morgan fingerprint density at radius 3 is 2.22 bits per heavy atom. The van der Waals surface area contributed by atoms with E-state index in [0.29, 0.717) is 31.9 Å². The lowest BCUT2D eigenvalue weighted by Gasteiger charge is -2.37. The highest BCUT2D eigenvalue weighted by Gasteiger charge is 2.40. The number of hydrogen-bond acceptors (Lipinski definition) is 5. The summed E-state index contributed by atoms with van der Waals surface area (Å²) in [5.41, 5.74) is -1.21. The molecule has 0 bridgehead atoms. The molecule has 0 unspecified atom stereocenters. The van der Waals surface area contributed by atoms with Gasteiger partial charge < -0.3 is 24.0 Å². The molecule has 2 aromatic heterocycles. The van der Waals surface area contributed by atoms with Crippen LogP contribution in [0.4, 0.5) is 0 Å². The van der Waals surface area contributed by atoms with Crippen molar-refractivity contribution in [3.63, 3.8) is 0 Å². The Balaban J connectivity index is 1.54. The highest BCUT2D eigenvalue weighted by atomic mass is 16.3. The van der Waals surface area contributed by atoms with Gasteiger partial charge in [0, 0.05) is 26.2 Å². The first-order chi connectivity index (χ1) is 12.9. The number of rotatable bonds is 5. The number of carbonyl (C=O) groups is 3. The molecule has 1 N–H and O–H groups in total. The Morgan fingerprint density at radius 2 is 1.63 bits per heavy atom. The van der Waals surface area contributed by atoms with E-state index in [1.165, 1.54) is 12.5 Å². The molecule has 27 heavy (non-hydrogen) atoms. The van der Waals surface area contributed by atoms with Crippen molar-refractivity contribution < 1.29 is 23.2 Å². The van der Waals surface area contributed by atoms with Crippen molar-refractivity contribution in [1.82, 2.24) is 15.1 Å². The zero-order valence-electron chi connectivity index (χ0n) is 15.4. The van der Waals surface area contributed by atoms with Crippen molar-refractivity contribution >= 4 is 17.7 Å². The lowest BCUT2D eigenvalue weighted by molar-refractivity contribution is -0.149. The summed E-state index contributed by atoms with van der Waals surface area (Å²) in [7, 11) is 0. The minimum absolute atomic E-state index is 0.192. The van der Waals surface area contributed by atoms with Gasteiger partial charge in [0.05, 0.1) is 19.1 Å². The molecule has 8 heteroatoms. The Kier molecular flexibility index (Phi) is 5.34. The SMILES string of the molecule is CC(C)(C(=O)NCc1ccco1)C(=O)N1CCN(C(=O)c2ccco2)CC1. The van der Waals surface area contributed by atoms with Gasteiger partial charge in [-0.25, -0.2) is 0 Å². The van der Waals surface area contributed by atoms with Crippen LogP contribution in [-0.2, 0) is 16.1 Å². The number of amides is 3. The normalized spacial score (nSPS) is 14.9. The average molecular weight is 373 g/mol. The van der Waals surface area contributed by atoms with Gasteiger partial charge in [-0.15, -0.1) is 0 Å². The zero-order chi connectivity index (χ0) is 19.4. The van der Waals surface area contributed by atoms with Crippen molar-refractivity contribution in [1.29, 1.82) is 0 Å². The van der Waals surface area contributed by atoms with Crippen molar-refractivity contribution in [2.24, 2.45) is 5.41 Å². The van der Waals surface area contributed by atoms with E-state index < -0.39 is 5.41 Å². The molecular weight excluding hydrogens is 350 g/mol. The van der Waals surface area contributed by atoms with Crippen LogP contribution in [0.25, 0.3) is 0 Å². The van der Waals surface area contributed by atoms with Crippen molar-refractivity contribution in [2.45, 2.75) is 20.4 Å². The standard InChI is InChI=1S/C19H23N3O5/c1-19(2,17(24)20-13-14-5-3-11-26-14)18(25)22-9-7-21(8-10-22)16(23)15-6-4-12-27-15/h3-6,11-12H,7-10,13H2,1-2H3,(H,20,24). The molecular formula is C19H23N3O5. The summed E-state index contributed by atoms with van der Waals surface area (Å²) in [6, 6.07) is 6.77. The lowest BCUT2D eigenvalue weighted by atomic mass is 9.90. The summed E-state index contributed by atoms with van der Waals surface area (Å²) in [6.07, 6.45) is 2.98. The van der Waals surface area contributed by atoms with Crippen molar-refractivity contribution in [3.05, 3.63) is 48.3 Å². The fraction of sp³-hybridized carbons (Fsp3) is 0.421. The van der Waals surface area contributed by atoms with Crippen LogP contribution in [0.5, 0.6) is 0 Å². The smallest absolute Gasteiger partial charge is 0.289 e. The van der Waals surface area contributed by atoms with Gasteiger partial charge in [-0.1, -0.05) is 0 Å². The van der Waals surface area contributed by atoms with Gasteiger partial charge in [0.2, 0.25) is 11.8 Å². The van der Waals surface area contributed by atoms with E-state index in [9.17, 15) is 14.4 Å². The average Bonchev–Trinajstić information content (AvgIpc) is 3.38. The third-order valence-corrected chi connectivity index (χ3v) is 4.69. The molecule has 8 nitrogen and oxygen atoms in total. The van der Waals surface area contributed by atoms with E-state index in [1.54, 1.807) is 47.9 Å². The van der Waals surface area contributed by atoms with Crippen molar-refractivity contribution in [2.75, 3.05) is 26.2 Å². The Labute approximate surface area is 157 Å². The summed E-state index contributed by atoms with van der Waals surface area (Å²) >= 11 is 0. The number of furan rings is 2. The van der Waals surface area contributed by atoms with Gasteiger partial charge >= 0.3 is 0 Å². The second-order valence-corrected chi connectivity index (χ2v) is 6.95. The first kappa shape index (κ1) is 18.8. The number of carbonyl (C=O) groups excluding carboxylic acids is 3. The molecule has 0 aliphatic carbocycles. The molecule has 0 aromatic carbocycles. The molecule has 1 aliphatic heterocycles. The molecule has 1 fully saturated rings. The van der Waals surface area contributed by atoms with E-state index in [-0.39, 0.29) is 30.0 Å². The highest BCUT2D eigenvalue weighted by molar-refractivity contribution is 6.04. The van der Waals surface area contributed by atoms with Crippen LogP contribution < -0.4 is 5.32 Å². The van der Waals surface area contributed by atoms with Gasteiger partial charge in [0.1, 0.15) is 11.2 Å². The third-order valence-electron chi connectivity index (χ3n) is 4.69. The van der Waals surface area contributed by atoms with E-state index >= 15 is 0 Å². The van der Waals surface area contributed by atoms with Crippen LogP contribution in [0.15, 0.2) is 45.6 Å². The van der Waals surface area contributed by atoms with Crippen LogP contribution in [0.1, 0.15) is 30.2 Å². The van der Waals surface area contributed by atoms with Crippen LogP contribution in [0.3, 0.4) is 0 Å². The minimum atomic E-state index is -1.21. The maximum Gasteiger partial charge on any atom is 0.289 e. The van der Waals surface area contributed by atoms with Gasteiger partial charge in [0.15, 0.2) is 5.76 Å². The first-order valence-corrected chi connectivity index (χ1v) is 8.82. The quantitative estimate of drug-likeness (QED) is 0.802. The number of hydrogen-bond donors (Lipinski definition) is 1. The molecule has 144 valence electrons. The fourth-order valence-electron chi connectivity index (χ4n) is 2.96. The fourth-order valence-corrected chi connectivity index (χ4v) is 2.96. The topological polar surface area (TPSA) is 96.0 Å². The van der Waals surface area contributed by atoms with Gasteiger partial charge in [-0.3, -0.25) is 14.4 Å². The molecule has 0 atom stereocenters. The summed E-state index contributed by atoms with van der Waals surface area (Å²) in [4.78, 5) is 40.9. The number of piperazine rings is 1. The molecule has 3 rings (SSSR count). The third kappa shape index (κ3) is 4.05. The zero-order valence-corrected chi connectivity index (χ0v) is 15.4. The molecule has 0 spiro atoms. The summed E-state index contributed by atoms with van der Waals surface area (Å²) in [5, 5.41) is 2.73. The van der Waals surface area contributed by atoms with Crippen LogP contribution in [-0.4, -0.2) is 53.7 Å². The monoisotopic (exact) mass is 373 g/mol. The van der Waals surface area contributed by atoms with E-state index in [0.717, 1.165) is 0 Å². The molecule has 3 heterocycles. The summed E-state index contributed by atoms with van der Waals surface area (Å²) in [5.74, 6) is 0.0918. The molecule has 1 aliphatic rings. The Hall–Kier alpha value is -3.03. The number of nitrogens with one attached hydrogen (secondary N) is 1. The van der Waals surface area contributed by atoms with Crippen LogP contribution in [0, 0.1) is 5.41 Å². The van der Waals surface area contributed by atoms with Crippen LogP contribution in [0.2, 0.25) is 0 Å². The molecule has 2 aromatic rings. The second kappa shape index (κ2) is 7.69. The molecule has 3 amide bonds. The van der Waals surface area contributed by atoms with Crippen molar-refractivity contribution in [3.8, 4) is 0 Å². The summed E-state index contributed by atoms with van der Waals surface area (Å²) in [6.45, 7) is 4.99. The lowest BCUT2D eigenvalue weighted by Crippen LogP contribution is -2.56. The minimum Gasteiger partial charge on any atom is -0.467 e. The Morgan fingerprint density at radius 1 is 1.00 bits per heavy atom. The maximum absolute atomic E-state index is 12.8. The molecule has 1 saturated heterocycles. The van der Waals surface area contributed by atoms with Gasteiger partial charge in [0.25, 0.3) is 5.91 Å². The van der Waals surface area contributed by atoms with E-state index in [4.69, 9.17) is 8.83 Å². The molecule has 0 saturated carbocycles. The predicted octanol–water partition coefficient (Wildman–Crippen LogP) is 1.50. The van der Waals surface area contributed by atoms with Gasteiger partial charge in [-0.2, -0.15) is 0 Å². The van der Waals surface area contributed by atoms with Crippen LogP contribution >= 0.6 is 0 Å². The molecule has 0 radical (unpaired) electrons. The summed E-state index contributed by atoms with van der Waals surface area (Å²) < 4.78 is 10.3. The van der Waals surface area contributed by atoms with E-state index in [2.05, 4.69) is 5.32 Å². The number of nitrogens with zero attached hydrogens (tertiary/aromatic N) is 2. The maximum atomic E-state index is 12.8. The van der Waals surface area contributed by atoms with Gasteiger partial charge in [-0.05, 0) is 38.1 Å².